The average Bonchev–Trinajstić information content (AvgIpc) is 2.75. The Balaban J connectivity index is 1.57. The van der Waals surface area contributed by atoms with Gasteiger partial charge < -0.3 is 5.32 Å². The van der Waals surface area contributed by atoms with Gasteiger partial charge in [0.15, 0.2) is 9.84 Å². The topological polar surface area (TPSA) is 46.2 Å². The zero-order valence-electron chi connectivity index (χ0n) is 13.5. The van der Waals surface area contributed by atoms with Gasteiger partial charge in [0.1, 0.15) is 0 Å². The summed E-state index contributed by atoms with van der Waals surface area (Å²) in [5.41, 5.74) is 4.09. The van der Waals surface area contributed by atoms with Gasteiger partial charge in [-0.2, -0.15) is 0 Å². The Kier molecular flexibility index (Phi) is 4.83. The third-order valence-electron chi connectivity index (χ3n) is 4.59. The van der Waals surface area contributed by atoms with Crippen LogP contribution in [0.15, 0.2) is 53.4 Å². The zero-order chi connectivity index (χ0) is 16.3. The number of hydrogen-bond donors (Lipinski definition) is 1. The summed E-state index contributed by atoms with van der Waals surface area (Å²) in [4.78, 5) is 0.381. The normalized spacial score (nSPS) is 15.9. The van der Waals surface area contributed by atoms with E-state index in [0.717, 1.165) is 37.8 Å². The van der Waals surface area contributed by atoms with E-state index in [1.165, 1.54) is 17.4 Å². The average molecular weight is 329 g/mol. The Labute approximate surface area is 138 Å². The Morgan fingerprint density at radius 1 is 0.957 bits per heavy atom. The number of fused-ring (bicyclic) bond motifs is 1. The van der Waals surface area contributed by atoms with Crippen molar-refractivity contribution in [3.05, 3.63) is 65.2 Å². The molecule has 3 rings (SSSR count). The van der Waals surface area contributed by atoms with Gasteiger partial charge in [0.25, 0.3) is 0 Å². The second-order valence-corrected chi connectivity index (χ2v) is 8.36. The Morgan fingerprint density at radius 2 is 1.52 bits per heavy atom. The van der Waals surface area contributed by atoms with Gasteiger partial charge in [-0.15, -0.1) is 0 Å². The first-order valence-electron chi connectivity index (χ1n) is 8.11. The first kappa shape index (κ1) is 16.2. The lowest BCUT2D eigenvalue weighted by atomic mass is 10.0. The highest BCUT2D eigenvalue weighted by Crippen LogP contribution is 2.21. The molecule has 0 spiro atoms. The molecule has 0 aliphatic heterocycles. The SMILES string of the molecule is CS(=O)(=O)c1ccc(CNC2CCc3ccccc3CC2)cc1. The van der Waals surface area contributed by atoms with Crippen molar-refractivity contribution >= 4 is 9.84 Å². The second-order valence-electron chi connectivity index (χ2n) is 6.34. The summed E-state index contributed by atoms with van der Waals surface area (Å²) >= 11 is 0. The molecule has 1 aliphatic rings. The molecular formula is C19H23NO2S. The lowest BCUT2D eigenvalue weighted by molar-refractivity contribution is 0.462. The van der Waals surface area contributed by atoms with Crippen LogP contribution in [0.3, 0.4) is 0 Å². The van der Waals surface area contributed by atoms with Crippen molar-refractivity contribution in [3.63, 3.8) is 0 Å². The molecule has 1 aliphatic carbocycles. The van der Waals surface area contributed by atoms with E-state index in [2.05, 4.69) is 29.6 Å². The van der Waals surface area contributed by atoms with Crippen LogP contribution in [0.25, 0.3) is 0 Å². The Bertz CT molecular complexity index is 739. The van der Waals surface area contributed by atoms with Crippen LogP contribution in [0.5, 0.6) is 0 Å². The molecule has 0 saturated heterocycles. The van der Waals surface area contributed by atoms with Crippen LogP contribution in [-0.2, 0) is 29.2 Å². The molecule has 23 heavy (non-hydrogen) atoms. The summed E-state index contributed by atoms with van der Waals surface area (Å²) in [6.45, 7) is 0.783. The molecule has 0 fully saturated rings. The fraction of sp³-hybridized carbons (Fsp3) is 0.368. The van der Waals surface area contributed by atoms with Gasteiger partial charge in [-0.25, -0.2) is 8.42 Å². The van der Waals surface area contributed by atoms with Crippen molar-refractivity contribution in [1.29, 1.82) is 0 Å². The molecule has 0 aromatic heterocycles. The molecule has 4 heteroatoms. The van der Waals surface area contributed by atoms with Crippen molar-refractivity contribution in [2.75, 3.05) is 6.26 Å². The summed E-state index contributed by atoms with van der Waals surface area (Å²) in [6, 6.07) is 16.4. The van der Waals surface area contributed by atoms with E-state index < -0.39 is 9.84 Å². The Hall–Kier alpha value is -1.65. The van der Waals surface area contributed by atoms with Crippen molar-refractivity contribution in [2.45, 2.75) is 43.2 Å². The third-order valence-corrected chi connectivity index (χ3v) is 5.72. The predicted octanol–water partition coefficient (Wildman–Crippen LogP) is 3.13. The van der Waals surface area contributed by atoms with E-state index in [9.17, 15) is 8.42 Å². The number of rotatable bonds is 4. The lowest BCUT2D eigenvalue weighted by Gasteiger charge is -2.16. The van der Waals surface area contributed by atoms with Gasteiger partial charge in [-0.3, -0.25) is 0 Å². The molecule has 0 heterocycles. The number of sulfone groups is 1. The maximum Gasteiger partial charge on any atom is 0.175 e. The van der Waals surface area contributed by atoms with Crippen LogP contribution in [0.1, 0.15) is 29.5 Å². The quantitative estimate of drug-likeness (QED) is 0.877. The van der Waals surface area contributed by atoms with Crippen molar-refractivity contribution in [1.82, 2.24) is 5.32 Å². The fourth-order valence-electron chi connectivity index (χ4n) is 3.17. The molecule has 0 bridgehead atoms. The molecular weight excluding hydrogens is 306 g/mol. The highest BCUT2D eigenvalue weighted by Gasteiger charge is 2.15. The minimum Gasteiger partial charge on any atom is -0.310 e. The molecule has 0 atom stereocenters. The standard InChI is InChI=1S/C19H23NO2S/c1-23(21,22)19-12-6-15(7-13-19)14-20-18-10-8-16-4-2-3-5-17(16)9-11-18/h2-7,12-13,18,20H,8-11,14H2,1H3. The first-order valence-corrected chi connectivity index (χ1v) is 10.0. The van der Waals surface area contributed by atoms with Crippen LogP contribution in [0, 0.1) is 0 Å². The molecule has 0 radical (unpaired) electrons. The van der Waals surface area contributed by atoms with Crippen LogP contribution in [0.2, 0.25) is 0 Å². The van der Waals surface area contributed by atoms with Crippen molar-refractivity contribution in [2.24, 2.45) is 0 Å². The van der Waals surface area contributed by atoms with Gasteiger partial charge in [0.2, 0.25) is 0 Å². The number of benzene rings is 2. The molecule has 122 valence electrons. The number of nitrogens with one attached hydrogen (secondary N) is 1. The molecule has 2 aromatic carbocycles. The second kappa shape index (κ2) is 6.85. The minimum absolute atomic E-state index is 0.381. The molecule has 1 N–H and O–H groups in total. The van der Waals surface area contributed by atoms with Crippen LogP contribution in [0.4, 0.5) is 0 Å². The van der Waals surface area contributed by atoms with E-state index in [4.69, 9.17) is 0 Å². The highest BCUT2D eigenvalue weighted by molar-refractivity contribution is 7.90. The van der Waals surface area contributed by atoms with Gasteiger partial charge in [0.05, 0.1) is 4.90 Å². The van der Waals surface area contributed by atoms with Crippen LogP contribution < -0.4 is 5.32 Å². The Morgan fingerprint density at radius 3 is 2.04 bits per heavy atom. The van der Waals surface area contributed by atoms with E-state index >= 15 is 0 Å². The number of aryl methyl sites for hydroxylation is 2. The fourth-order valence-corrected chi connectivity index (χ4v) is 3.80. The molecule has 0 saturated carbocycles. The van der Waals surface area contributed by atoms with Gasteiger partial charge in [-0.1, -0.05) is 36.4 Å². The highest BCUT2D eigenvalue weighted by atomic mass is 32.2. The van der Waals surface area contributed by atoms with Crippen molar-refractivity contribution in [3.8, 4) is 0 Å². The maximum atomic E-state index is 11.5. The third kappa shape index (κ3) is 4.21. The van der Waals surface area contributed by atoms with E-state index in [1.807, 2.05) is 12.1 Å². The summed E-state index contributed by atoms with van der Waals surface area (Å²) in [6.07, 6.45) is 5.79. The molecule has 0 unspecified atom stereocenters. The summed E-state index contributed by atoms with van der Waals surface area (Å²) in [5.74, 6) is 0. The van der Waals surface area contributed by atoms with E-state index in [-0.39, 0.29) is 0 Å². The van der Waals surface area contributed by atoms with E-state index in [1.54, 1.807) is 12.1 Å². The summed E-state index contributed by atoms with van der Waals surface area (Å²) in [7, 11) is -3.11. The summed E-state index contributed by atoms with van der Waals surface area (Å²) < 4.78 is 23.0. The summed E-state index contributed by atoms with van der Waals surface area (Å²) in [5, 5.41) is 3.62. The first-order chi connectivity index (χ1) is 11.0. The van der Waals surface area contributed by atoms with Gasteiger partial charge >= 0.3 is 0 Å². The maximum absolute atomic E-state index is 11.5. The van der Waals surface area contributed by atoms with Crippen LogP contribution >= 0.6 is 0 Å². The molecule has 2 aromatic rings. The minimum atomic E-state index is -3.11. The smallest absolute Gasteiger partial charge is 0.175 e. The lowest BCUT2D eigenvalue weighted by Crippen LogP contribution is -2.28. The predicted molar refractivity (Wildman–Crippen MR) is 93.3 cm³/mol. The molecule has 3 nitrogen and oxygen atoms in total. The zero-order valence-corrected chi connectivity index (χ0v) is 14.3. The van der Waals surface area contributed by atoms with Gasteiger partial charge in [0, 0.05) is 18.8 Å². The largest absolute Gasteiger partial charge is 0.310 e. The van der Waals surface area contributed by atoms with Crippen LogP contribution in [-0.4, -0.2) is 20.7 Å². The van der Waals surface area contributed by atoms with E-state index in [0.29, 0.717) is 10.9 Å². The van der Waals surface area contributed by atoms with Crippen molar-refractivity contribution < 1.29 is 8.42 Å². The number of hydrogen-bond acceptors (Lipinski definition) is 3. The van der Waals surface area contributed by atoms with Gasteiger partial charge in [-0.05, 0) is 54.5 Å². The molecule has 0 amide bonds. The monoisotopic (exact) mass is 329 g/mol.